The van der Waals surface area contributed by atoms with Gasteiger partial charge in [-0.05, 0) is 84.1 Å². The summed E-state index contributed by atoms with van der Waals surface area (Å²) in [7, 11) is -3.23. The van der Waals surface area contributed by atoms with Crippen LogP contribution < -0.4 is 4.90 Å². The zero-order chi connectivity index (χ0) is 19.9. The Labute approximate surface area is 164 Å². The lowest BCUT2D eigenvalue weighted by molar-refractivity contribution is 0.602. The van der Waals surface area contributed by atoms with Crippen LogP contribution in [0.5, 0.6) is 0 Å². The fourth-order valence-electron chi connectivity index (χ4n) is 3.82. The molecule has 2 aromatic carbocycles. The van der Waals surface area contributed by atoms with E-state index >= 15 is 0 Å². The third kappa shape index (κ3) is 3.52. The molecule has 3 aromatic rings. The number of nitrogens with zero attached hydrogens (tertiary/aromatic N) is 5. The van der Waals surface area contributed by atoms with E-state index in [2.05, 4.69) is 46.4 Å². The van der Waals surface area contributed by atoms with E-state index in [1.165, 1.54) is 28.6 Å². The molecule has 146 valence electrons. The molecule has 28 heavy (non-hydrogen) atoms. The topological polar surface area (TPSA) is 81.0 Å². The van der Waals surface area contributed by atoms with Crippen LogP contribution in [0.1, 0.15) is 28.9 Å². The van der Waals surface area contributed by atoms with Gasteiger partial charge in [-0.3, -0.25) is 0 Å². The van der Waals surface area contributed by atoms with Crippen LogP contribution in [0.25, 0.3) is 5.69 Å². The van der Waals surface area contributed by atoms with Gasteiger partial charge in [0.25, 0.3) is 0 Å². The summed E-state index contributed by atoms with van der Waals surface area (Å²) in [5, 5.41) is 12.2. The van der Waals surface area contributed by atoms with E-state index < -0.39 is 9.84 Å². The molecule has 0 spiro atoms. The highest BCUT2D eigenvalue weighted by Gasteiger charge is 2.21. The fourth-order valence-corrected chi connectivity index (χ4v) is 4.45. The monoisotopic (exact) mass is 397 g/mol. The molecule has 4 rings (SSSR count). The second-order valence-corrected chi connectivity index (χ2v) is 9.39. The van der Waals surface area contributed by atoms with Gasteiger partial charge in [-0.25, -0.2) is 8.42 Å². The maximum absolute atomic E-state index is 11.7. The van der Waals surface area contributed by atoms with Crippen LogP contribution in [0, 0.1) is 13.8 Å². The van der Waals surface area contributed by atoms with Crippen LogP contribution in [-0.4, -0.2) is 41.4 Å². The second-order valence-electron chi connectivity index (χ2n) is 7.38. The van der Waals surface area contributed by atoms with Crippen LogP contribution >= 0.6 is 0 Å². The lowest BCUT2D eigenvalue weighted by Crippen LogP contribution is -2.30. The van der Waals surface area contributed by atoms with Gasteiger partial charge in [0.1, 0.15) is 0 Å². The molecule has 0 saturated heterocycles. The number of aryl methyl sites for hydroxylation is 2. The van der Waals surface area contributed by atoms with Crippen LogP contribution in [0.2, 0.25) is 0 Å². The van der Waals surface area contributed by atoms with Gasteiger partial charge in [0, 0.05) is 18.5 Å². The molecule has 0 amide bonds. The quantitative estimate of drug-likeness (QED) is 0.673. The third-order valence-corrected chi connectivity index (χ3v) is 6.29. The van der Waals surface area contributed by atoms with Crippen molar-refractivity contribution in [2.45, 2.75) is 38.1 Å². The Bertz CT molecular complexity index is 1120. The number of rotatable bonds is 4. The summed E-state index contributed by atoms with van der Waals surface area (Å²) in [5.74, 6) is 0.721. The van der Waals surface area contributed by atoms with Crippen molar-refractivity contribution in [1.82, 2.24) is 20.2 Å². The standard InChI is InChI=1S/C20H23N5O2S/c1-14-11-15(2)18-5-4-10-24(19(18)12-14)13-20-21-22-23-25(20)16-6-8-17(9-7-16)28(3,26)27/h6-9,11-12H,4-5,10,13H2,1-3H3. The molecule has 1 aliphatic rings. The predicted octanol–water partition coefficient (Wildman–Crippen LogP) is 2.64. The first-order valence-corrected chi connectivity index (χ1v) is 11.1. The molecule has 0 saturated carbocycles. The Hall–Kier alpha value is -2.74. The molecular weight excluding hydrogens is 374 g/mol. The van der Waals surface area contributed by atoms with Crippen LogP contribution in [-0.2, 0) is 22.8 Å². The minimum atomic E-state index is -3.23. The summed E-state index contributed by atoms with van der Waals surface area (Å²) in [4.78, 5) is 2.60. The number of sulfone groups is 1. The molecular formula is C20H23N5O2S. The number of hydrogen-bond donors (Lipinski definition) is 0. The lowest BCUT2D eigenvalue weighted by atomic mass is 9.95. The Morgan fingerprint density at radius 1 is 1.11 bits per heavy atom. The predicted molar refractivity (Wildman–Crippen MR) is 108 cm³/mol. The van der Waals surface area contributed by atoms with Gasteiger partial charge in [0.15, 0.2) is 15.7 Å². The molecule has 1 aromatic heterocycles. The van der Waals surface area contributed by atoms with Crippen molar-refractivity contribution in [1.29, 1.82) is 0 Å². The van der Waals surface area contributed by atoms with Gasteiger partial charge in [0.05, 0.1) is 17.1 Å². The normalized spacial score (nSPS) is 14.2. The summed E-state index contributed by atoms with van der Waals surface area (Å²) >= 11 is 0. The minimum Gasteiger partial charge on any atom is -0.364 e. The van der Waals surface area contributed by atoms with Crippen LogP contribution in [0.3, 0.4) is 0 Å². The first kappa shape index (κ1) is 18.6. The van der Waals surface area contributed by atoms with E-state index in [1.807, 2.05) is 0 Å². The fraction of sp³-hybridized carbons (Fsp3) is 0.350. The van der Waals surface area contributed by atoms with Crippen molar-refractivity contribution < 1.29 is 8.42 Å². The Morgan fingerprint density at radius 2 is 1.86 bits per heavy atom. The van der Waals surface area contributed by atoms with Crippen LogP contribution in [0.4, 0.5) is 5.69 Å². The first-order valence-electron chi connectivity index (χ1n) is 9.26. The smallest absolute Gasteiger partial charge is 0.175 e. The van der Waals surface area contributed by atoms with E-state index in [4.69, 9.17) is 0 Å². The zero-order valence-corrected chi connectivity index (χ0v) is 17.1. The van der Waals surface area contributed by atoms with Crippen molar-refractivity contribution in [2.75, 3.05) is 17.7 Å². The molecule has 0 radical (unpaired) electrons. The maximum Gasteiger partial charge on any atom is 0.175 e. The summed E-state index contributed by atoms with van der Waals surface area (Å²) in [6.07, 6.45) is 3.39. The van der Waals surface area contributed by atoms with Gasteiger partial charge in [0.2, 0.25) is 0 Å². The van der Waals surface area contributed by atoms with Crippen molar-refractivity contribution >= 4 is 15.5 Å². The first-order chi connectivity index (χ1) is 13.3. The van der Waals surface area contributed by atoms with E-state index in [0.717, 1.165) is 30.9 Å². The van der Waals surface area contributed by atoms with Gasteiger partial charge in [-0.15, -0.1) is 5.10 Å². The van der Waals surface area contributed by atoms with Crippen molar-refractivity contribution in [2.24, 2.45) is 0 Å². The molecule has 8 heteroatoms. The number of tetrazole rings is 1. The molecule has 0 unspecified atom stereocenters. The minimum absolute atomic E-state index is 0.279. The zero-order valence-electron chi connectivity index (χ0n) is 16.3. The summed E-state index contributed by atoms with van der Waals surface area (Å²) < 4.78 is 25.0. The van der Waals surface area contributed by atoms with Crippen LogP contribution in [0.15, 0.2) is 41.3 Å². The van der Waals surface area contributed by atoms with E-state index in [9.17, 15) is 8.42 Å². The van der Waals surface area contributed by atoms with Gasteiger partial charge >= 0.3 is 0 Å². The molecule has 1 aliphatic heterocycles. The number of anilines is 1. The van der Waals surface area contributed by atoms with E-state index in [1.54, 1.807) is 28.9 Å². The second kappa shape index (κ2) is 7.01. The molecule has 0 atom stereocenters. The SMILES string of the molecule is Cc1cc(C)c2c(c1)N(Cc1nnnn1-c1ccc(S(C)(=O)=O)cc1)CCC2. The molecule has 0 fully saturated rings. The third-order valence-electron chi connectivity index (χ3n) is 5.17. The van der Waals surface area contributed by atoms with Crippen molar-refractivity contribution in [3.63, 3.8) is 0 Å². The number of fused-ring (bicyclic) bond motifs is 1. The Morgan fingerprint density at radius 3 is 2.57 bits per heavy atom. The highest BCUT2D eigenvalue weighted by Crippen LogP contribution is 2.32. The maximum atomic E-state index is 11.7. The number of aromatic nitrogens is 4. The van der Waals surface area contributed by atoms with Gasteiger partial charge < -0.3 is 4.90 Å². The molecule has 0 aliphatic carbocycles. The molecule has 2 heterocycles. The average molecular weight is 398 g/mol. The summed E-state index contributed by atoms with van der Waals surface area (Å²) in [5.41, 5.74) is 5.97. The summed E-state index contributed by atoms with van der Waals surface area (Å²) in [6.45, 7) is 5.84. The summed E-state index contributed by atoms with van der Waals surface area (Å²) in [6, 6.07) is 11.1. The molecule has 0 bridgehead atoms. The average Bonchev–Trinajstić information content (AvgIpc) is 3.10. The number of benzene rings is 2. The van der Waals surface area contributed by atoms with E-state index in [-0.39, 0.29) is 4.90 Å². The van der Waals surface area contributed by atoms with Gasteiger partial charge in [-0.1, -0.05) is 6.07 Å². The highest BCUT2D eigenvalue weighted by atomic mass is 32.2. The van der Waals surface area contributed by atoms with E-state index in [0.29, 0.717) is 6.54 Å². The molecule has 0 N–H and O–H groups in total. The highest BCUT2D eigenvalue weighted by molar-refractivity contribution is 7.90. The van der Waals surface area contributed by atoms with Gasteiger partial charge in [-0.2, -0.15) is 4.68 Å². The lowest BCUT2D eigenvalue weighted by Gasteiger charge is -2.32. The number of hydrogen-bond acceptors (Lipinski definition) is 6. The Kier molecular flexibility index (Phi) is 4.66. The van der Waals surface area contributed by atoms with Crippen molar-refractivity contribution in [3.05, 3.63) is 58.9 Å². The van der Waals surface area contributed by atoms with Crippen molar-refractivity contribution in [3.8, 4) is 5.69 Å². The Balaban J connectivity index is 1.65. The largest absolute Gasteiger partial charge is 0.364 e. The molecule has 7 nitrogen and oxygen atoms in total.